The zero-order valence-electron chi connectivity index (χ0n) is 15.1. The molecule has 1 amide bonds. The summed E-state index contributed by atoms with van der Waals surface area (Å²) in [4.78, 5) is 27.0. The molecule has 7 nitrogen and oxygen atoms in total. The molecule has 3 N–H and O–H groups in total. The summed E-state index contributed by atoms with van der Waals surface area (Å²) >= 11 is 0. The number of anilines is 1. The topological polar surface area (TPSA) is 96.1 Å². The summed E-state index contributed by atoms with van der Waals surface area (Å²) in [6.45, 7) is 8.01. The number of nitrogens with zero attached hydrogens (tertiary/aromatic N) is 2. The van der Waals surface area contributed by atoms with Crippen molar-refractivity contribution in [3.63, 3.8) is 0 Å². The van der Waals surface area contributed by atoms with Crippen molar-refractivity contribution in [2.24, 2.45) is 5.73 Å². The van der Waals surface area contributed by atoms with Crippen LogP contribution in [0.1, 0.15) is 26.3 Å². The molecule has 1 unspecified atom stereocenters. The van der Waals surface area contributed by atoms with Crippen LogP contribution in [0.3, 0.4) is 0 Å². The van der Waals surface area contributed by atoms with E-state index < -0.39 is 17.6 Å². The number of carboxylic acid groups (broad SMARTS) is 1. The number of piperazine rings is 1. The Hall–Kier alpha value is -2.28. The first-order chi connectivity index (χ1) is 11.7. The van der Waals surface area contributed by atoms with Gasteiger partial charge in [-0.15, -0.1) is 0 Å². The molecule has 0 bridgehead atoms. The maximum atomic E-state index is 12.1. The normalized spacial score (nSPS) is 16.5. The van der Waals surface area contributed by atoms with E-state index in [1.807, 2.05) is 45.0 Å². The van der Waals surface area contributed by atoms with E-state index in [4.69, 9.17) is 15.6 Å². The predicted molar refractivity (Wildman–Crippen MR) is 95.8 cm³/mol. The molecule has 1 aromatic rings. The van der Waals surface area contributed by atoms with Gasteiger partial charge in [0.2, 0.25) is 0 Å². The van der Waals surface area contributed by atoms with Gasteiger partial charge in [-0.25, -0.2) is 4.79 Å². The Morgan fingerprint density at radius 3 is 2.36 bits per heavy atom. The fraction of sp³-hybridized carbons (Fsp3) is 0.556. The third-order valence-corrected chi connectivity index (χ3v) is 4.02. The van der Waals surface area contributed by atoms with Crippen molar-refractivity contribution < 1.29 is 19.4 Å². The fourth-order valence-corrected chi connectivity index (χ4v) is 2.77. The number of para-hydroxylation sites is 1. The van der Waals surface area contributed by atoms with E-state index in [0.29, 0.717) is 26.2 Å². The molecule has 2 rings (SSSR count). The van der Waals surface area contributed by atoms with Crippen molar-refractivity contribution in [2.45, 2.75) is 38.8 Å². The largest absolute Gasteiger partial charge is 0.480 e. The van der Waals surface area contributed by atoms with Gasteiger partial charge in [0.1, 0.15) is 11.6 Å². The monoisotopic (exact) mass is 349 g/mol. The minimum Gasteiger partial charge on any atom is -0.480 e. The van der Waals surface area contributed by atoms with Crippen LogP contribution in [0.2, 0.25) is 0 Å². The summed E-state index contributed by atoms with van der Waals surface area (Å²) in [5, 5.41) is 9.04. The first-order valence-corrected chi connectivity index (χ1v) is 8.46. The molecule has 7 heteroatoms. The fourth-order valence-electron chi connectivity index (χ4n) is 2.77. The Labute approximate surface area is 148 Å². The molecular weight excluding hydrogens is 322 g/mol. The summed E-state index contributed by atoms with van der Waals surface area (Å²) in [5.41, 5.74) is 7.05. The average molecular weight is 349 g/mol. The van der Waals surface area contributed by atoms with Crippen LogP contribution in [0.4, 0.5) is 10.5 Å². The Morgan fingerprint density at radius 2 is 1.80 bits per heavy atom. The molecule has 1 saturated heterocycles. The number of hydrogen-bond acceptors (Lipinski definition) is 5. The number of rotatable bonds is 4. The first kappa shape index (κ1) is 19.1. The van der Waals surface area contributed by atoms with Crippen LogP contribution in [-0.4, -0.2) is 59.9 Å². The Kier molecular flexibility index (Phi) is 5.89. The van der Waals surface area contributed by atoms with Gasteiger partial charge >= 0.3 is 12.1 Å². The van der Waals surface area contributed by atoms with Crippen LogP contribution < -0.4 is 10.6 Å². The van der Waals surface area contributed by atoms with Crippen LogP contribution in [0, 0.1) is 0 Å². The molecule has 0 saturated carbocycles. The molecule has 1 aliphatic heterocycles. The van der Waals surface area contributed by atoms with Gasteiger partial charge in [-0.2, -0.15) is 0 Å². The molecule has 138 valence electrons. The van der Waals surface area contributed by atoms with Crippen LogP contribution in [0.15, 0.2) is 24.3 Å². The number of carbonyl (C=O) groups is 2. The number of carboxylic acids is 1. The van der Waals surface area contributed by atoms with Gasteiger partial charge in [0.15, 0.2) is 0 Å². The number of amides is 1. The van der Waals surface area contributed by atoms with Gasteiger partial charge in [-0.1, -0.05) is 18.2 Å². The van der Waals surface area contributed by atoms with Gasteiger partial charge < -0.3 is 25.4 Å². The van der Waals surface area contributed by atoms with E-state index in [0.717, 1.165) is 11.3 Å². The number of aliphatic carboxylic acids is 1. The number of carbonyl (C=O) groups excluding carboxylic acids is 1. The Bertz CT molecular complexity index is 619. The molecule has 1 aliphatic rings. The zero-order valence-corrected chi connectivity index (χ0v) is 15.1. The highest BCUT2D eigenvalue weighted by Gasteiger charge is 2.27. The lowest BCUT2D eigenvalue weighted by Gasteiger charge is -2.37. The molecule has 1 heterocycles. The van der Waals surface area contributed by atoms with Gasteiger partial charge in [0.25, 0.3) is 0 Å². The minimum absolute atomic E-state index is 0.276. The number of hydrogen-bond donors (Lipinski definition) is 2. The van der Waals surface area contributed by atoms with Crippen LogP contribution >= 0.6 is 0 Å². The van der Waals surface area contributed by atoms with Gasteiger partial charge in [-0.05, 0) is 32.4 Å². The van der Waals surface area contributed by atoms with E-state index in [1.54, 1.807) is 4.90 Å². The lowest BCUT2D eigenvalue weighted by molar-refractivity contribution is -0.138. The molecule has 25 heavy (non-hydrogen) atoms. The number of ether oxygens (including phenoxy) is 1. The summed E-state index contributed by atoms with van der Waals surface area (Å²) < 4.78 is 5.41. The summed E-state index contributed by atoms with van der Waals surface area (Å²) in [6, 6.07) is 6.74. The molecule has 0 aliphatic carbocycles. The second-order valence-corrected chi connectivity index (χ2v) is 7.23. The Balaban J connectivity index is 2.01. The lowest BCUT2D eigenvalue weighted by atomic mass is 10.0. The SMILES string of the molecule is CC(C)(C)OC(=O)N1CCN(c2ccccc2CC(N)C(=O)O)CC1. The van der Waals surface area contributed by atoms with Crippen LogP contribution in [0.5, 0.6) is 0 Å². The standard InChI is InChI=1S/C18H27N3O4/c1-18(2,3)25-17(24)21-10-8-20(9-11-21)15-7-5-4-6-13(15)12-14(19)16(22)23/h4-7,14H,8-12,19H2,1-3H3,(H,22,23). The zero-order chi connectivity index (χ0) is 18.6. The smallest absolute Gasteiger partial charge is 0.410 e. The minimum atomic E-state index is -1.01. The van der Waals surface area contributed by atoms with Gasteiger partial charge in [-0.3, -0.25) is 4.79 Å². The van der Waals surface area contributed by atoms with E-state index in [9.17, 15) is 9.59 Å². The number of benzene rings is 1. The van der Waals surface area contributed by atoms with Crippen molar-refractivity contribution in [1.82, 2.24) is 4.90 Å². The number of nitrogens with two attached hydrogens (primary N) is 1. The second-order valence-electron chi connectivity index (χ2n) is 7.23. The molecule has 0 spiro atoms. The van der Waals surface area contributed by atoms with Crippen molar-refractivity contribution in [3.05, 3.63) is 29.8 Å². The maximum Gasteiger partial charge on any atom is 0.410 e. The summed E-state index contributed by atoms with van der Waals surface area (Å²) in [7, 11) is 0. The first-order valence-electron chi connectivity index (χ1n) is 8.46. The average Bonchev–Trinajstić information content (AvgIpc) is 2.54. The molecule has 0 aromatic heterocycles. The quantitative estimate of drug-likeness (QED) is 0.859. The molecule has 0 radical (unpaired) electrons. The van der Waals surface area contributed by atoms with Crippen molar-refractivity contribution in [2.75, 3.05) is 31.1 Å². The highest BCUT2D eigenvalue weighted by molar-refractivity contribution is 5.74. The van der Waals surface area contributed by atoms with Crippen molar-refractivity contribution in [1.29, 1.82) is 0 Å². The molecule has 1 aromatic carbocycles. The van der Waals surface area contributed by atoms with E-state index in [2.05, 4.69) is 4.90 Å². The highest BCUT2D eigenvalue weighted by Crippen LogP contribution is 2.23. The van der Waals surface area contributed by atoms with Crippen molar-refractivity contribution in [3.8, 4) is 0 Å². The molecular formula is C18H27N3O4. The summed E-state index contributed by atoms with van der Waals surface area (Å²) in [6.07, 6.45) is -0.0223. The van der Waals surface area contributed by atoms with E-state index >= 15 is 0 Å². The Morgan fingerprint density at radius 1 is 1.20 bits per heavy atom. The lowest BCUT2D eigenvalue weighted by Crippen LogP contribution is -2.50. The van der Waals surface area contributed by atoms with E-state index in [-0.39, 0.29) is 12.5 Å². The maximum absolute atomic E-state index is 12.1. The highest BCUT2D eigenvalue weighted by atomic mass is 16.6. The van der Waals surface area contributed by atoms with Gasteiger partial charge in [0.05, 0.1) is 0 Å². The molecule has 1 atom stereocenters. The molecule has 1 fully saturated rings. The second kappa shape index (κ2) is 7.74. The third-order valence-electron chi connectivity index (χ3n) is 4.02. The third kappa shape index (κ3) is 5.35. The van der Waals surface area contributed by atoms with Crippen LogP contribution in [-0.2, 0) is 16.0 Å². The predicted octanol–water partition coefficient (Wildman–Crippen LogP) is 1.70. The van der Waals surface area contributed by atoms with E-state index in [1.165, 1.54) is 0 Å². The van der Waals surface area contributed by atoms with Crippen LogP contribution in [0.25, 0.3) is 0 Å². The van der Waals surface area contributed by atoms with Gasteiger partial charge in [0, 0.05) is 38.3 Å². The summed E-state index contributed by atoms with van der Waals surface area (Å²) in [5.74, 6) is -1.01. The van der Waals surface area contributed by atoms with Crippen molar-refractivity contribution >= 4 is 17.7 Å².